The van der Waals surface area contributed by atoms with Gasteiger partial charge in [0.05, 0.1) is 25.5 Å². The van der Waals surface area contributed by atoms with Crippen LogP contribution >= 0.6 is 0 Å². The van der Waals surface area contributed by atoms with Gasteiger partial charge in [-0.15, -0.1) is 5.10 Å². The Kier molecular flexibility index (Phi) is 4.42. The van der Waals surface area contributed by atoms with Crippen molar-refractivity contribution < 1.29 is 13.5 Å². The topological polar surface area (TPSA) is 99.4 Å². The number of nitrogens with zero attached hydrogens (tertiary/aromatic N) is 7. The molecule has 1 aliphatic heterocycles. The highest BCUT2D eigenvalue weighted by atomic mass is 19.3. The molecule has 3 aromatic heterocycles. The highest BCUT2D eigenvalue weighted by Gasteiger charge is 2.42. The molecule has 9 nitrogen and oxygen atoms in total. The SMILES string of the molecule is CCn1cc(N2C[C@@H](c3nc4c5cccc(OC)c5nc(N)n4n3)CC(F)(F)C2)cn1. The van der Waals surface area contributed by atoms with Gasteiger partial charge >= 0.3 is 0 Å². The second-order valence-electron chi connectivity index (χ2n) is 7.72. The first-order valence-electron chi connectivity index (χ1n) is 10.0. The molecule has 162 valence electrons. The van der Waals surface area contributed by atoms with Gasteiger partial charge < -0.3 is 15.4 Å². The zero-order valence-electron chi connectivity index (χ0n) is 17.2. The molecule has 31 heavy (non-hydrogen) atoms. The molecule has 5 rings (SSSR count). The van der Waals surface area contributed by atoms with Crippen molar-refractivity contribution in [1.29, 1.82) is 0 Å². The molecule has 0 aliphatic carbocycles. The average molecular weight is 428 g/mol. The van der Waals surface area contributed by atoms with E-state index in [0.29, 0.717) is 46.9 Å². The Morgan fingerprint density at radius 1 is 1.29 bits per heavy atom. The maximum Gasteiger partial charge on any atom is 0.266 e. The lowest BCUT2D eigenvalue weighted by Gasteiger charge is -2.37. The highest BCUT2D eigenvalue weighted by Crippen LogP contribution is 2.38. The fourth-order valence-corrected chi connectivity index (χ4v) is 4.14. The van der Waals surface area contributed by atoms with Crippen molar-refractivity contribution in [3.8, 4) is 5.75 Å². The molecular weight excluding hydrogens is 406 g/mol. The van der Waals surface area contributed by atoms with E-state index in [1.54, 1.807) is 35.2 Å². The Labute approximate surface area is 176 Å². The molecule has 2 N–H and O–H groups in total. The molecule has 0 radical (unpaired) electrons. The van der Waals surface area contributed by atoms with Crippen LogP contribution < -0.4 is 15.4 Å². The van der Waals surface area contributed by atoms with Crippen LogP contribution in [0.15, 0.2) is 30.6 Å². The smallest absolute Gasteiger partial charge is 0.266 e. The molecule has 11 heteroatoms. The summed E-state index contributed by atoms with van der Waals surface area (Å²) in [5.74, 6) is -2.47. The van der Waals surface area contributed by atoms with Gasteiger partial charge in [-0.05, 0) is 19.1 Å². The number of rotatable bonds is 4. The monoisotopic (exact) mass is 428 g/mol. The fourth-order valence-electron chi connectivity index (χ4n) is 4.14. The number of benzene rings is 1. The molecule has 1 atom stereocenters. The molecule has 0 unspecified atom stereocenters. The number of halogens is 2. The van der Waals surface area contributed by atoms with Crippen LogP contribution in [0.2, 0.25) is 0 Å². The fraction of sp³-hybridized carbons (Fsp3) is 0.400. The third kappa shape index (κ3) is 3.29. The summed E-state index contributed by atoms with van der Waals surface area (Å²) in [5.41, 5.74) is 7.78. The summed E-state index contributed by atoms with van der Waals surface area (Å²) in [6, 6.07) is 5.42. The van der Waals surface area contributed by atoms with Crippen LogP contribution in [0.5, 0.6) is 5.75 Å². The highest BCUT2D eigenvalue weighted by molar-refractivity contribution is 5.95. The van der Waals surface area contributed by atoms with Crippen LogP contribution in [-0.4, -0.2) is 55.5 Å². The summed E-state index contributed by atoms with van der Waals surface area (Å²) < 4.78 is 37.8. The van der Waals surface area contributed by atoms with E-state index in [-0.39, 0.29) is 18.9 Å². The van der Waals surface area contributed by atoms with Crippen LogP contribution in [0, 0.1) is 0 Å². The third-order valence-corrected chi connectivity index (χ3v) is 5.61. The lowest BCUT2D eigenvalue weighted by Crippen LogP contribution is -2.46. The maximum atomic E-state index is 14.7. The number of aryl methyl sites for hydroxylation is 1. The summed E-state index contributed by atoms with van der Waals surface area (Å²) >= 11 is 0. The first-order chi connectivity index (χ1) is 14.9. The van der Waals surface area contributed by atoms with Gasteiger partial charge in [0.25, 0.3) is 5.92 Å². The summed E-state index contributed by atoms with van der Waals surface area (Å²) in [4.78, 5) is 10.6. The van der Waals surface area contributed by atoms with Crippen LogP contribution in [-0.2, 0) is 6.54 Å². The van der Waals surface area contributed by atoms with Crippen molar-refractivity contribution in [2.24, 2.45) is 0 Å². The summed E-state index contributed by atoms with van der Waals surface area (Å²) in [6.07, 6.45) is 3.05. The van der Waals surface area contributed by atoms with Gasteiger partial charge in [-0.3, -0.25) is 4.68 Å². The number of ether oxygens (including phenoxy) is 1. The summed E-state index contributed by atoms with van der Waals surface area (Å²) in [5, 5.41) is 9.35. The van der Waals surface area contributed by atoms with Crippen molar-refractivity contribution >= 4 is 28.2 Å². The number of nitrogen functional groups attached to an aromatic ring is 1. The van der Waals surface area contributed by atoms with E-state index in [1.165, 1.54) is 4.52 Å². The number of anilines is 2. The molecule has 1 aliphatic rings. The quantitative estimate of drug-likeness (QED) is 0.534. The van der Waals surface area contributed by atoms with Gasteiger partial charge in [-0.25, -0.2) is 18.7 Å². The Morgan fingerprint density at radius 3 is 2.87 bits per heavy atom. The van der Waals surface area contributed by atoms with E-state index >= 15 is 0 Å². The molecule has 0 bridgehead atoms. The van der Waals surface area contributed by atoms with E-state index in [1.807, 2.05) is 19.1 Å². The van der Waals surface area contributed by atoms with Crippen molar-refractivity contribution in [1.82, 2.24) is 29.4 Å². The molecule has 1 saturated heterocycles. The van der Waals surface area contributed by atoms with Crippen LogP contribution in [0.4, 0.5) is 20.4 Å². The largest absolute Gasteiger partial charge is 0.494 e. The van der Waals surface area contributed by atoms with Crippen molar-refractivity contribution in [2.75, 3.05) is 30.8 Å². The van der Waals surface area contributed by atoms with Crippen molar-refractivity contribution in [2.45, 2.75) is 31.7 Å². The zero-order valence-corrected chi connectivity index (χ0v) is 17.2. The van der Waals surface area contributed by atoms with E-state index in [9.17, 15) is 8.78 Å². The number of hydrogen-bond donors (Lipinski definition) is 1. The lowest BCUT2D eigenvalue weighted by molar-refractivity contribution is -0.0191. The number of fused-ring (bicyclic) bond motifs is 3. The molecule has 4 aromatic rings. The number of hydrogen-bond acceptors (Lipinski definition) is 7. The van der Waals surface area contributed by atoms with Crippen LogP contribution in [0.3, 0.4) is 0 Å². The molecule has 0 spiro atoms. The van der Waals surface area contributed by atoms with Crippen LogP contribution in [0.1, 0.15) is 25.1 Å². The number of aromatic nitrogens is 6. The Balaban J connectivity index is 1.57. The zero-order chi connectivity index (χ0) is 21.8. The first-order valence-corrected chi connectivity index (χ1v) is 10.0. The molecule has 0 saturated carbocycles. The van der Waals surface area contributed by atoms with Gasteiger partial charge in [0.2, 0.25) is 5.95 Å². The maximum absolute atomic E-state index is 14.7. The second kappa shape index (κ2) is 7.03. The Morgan fingerprint density at radius 2 is 2.13 bits per heavy atom. The van der Waals surface area contributed by atoms with Crippen molar-refractivity contribution in [3.63, 3.8) is 0 Å². The minimum Gasteiger partial charge on any atom is -0.494 e. The standard InChI is InChI=1S/C20H22F2N8O/c1-3-29-10-13(8-24-29)28-9-12(7-20(21,22)11-28)17-26-18-14-5-4-6-15(31-2)16(14)25-19(23)30(18)27-17/h4-6,8,10,12H,3,7,9,11H2,1-2H3,(H2,23,25)/t12-/m0/s1. The molecular formula is C20H22F2N8O. The van der Waals surface area contributed by atoms with Gasteiger partial charge in [0, 0.05) is 37.0 Å². The van der Waals surface area contributed by atoms with Gasteiger partial charge in [0.1, 0.15) is 11.3 Å². The number of nitrogens with two attached hydrogens (primary N) is 1. The Hall–Kier alpha value is -3.50. The van der Waals surface area contributed by atoms with Gasteiger partial charge in [-0.1, -0.05) is 6.07 Å². The third-order valence-electron chi connectivity index (χ3n) is 5.61. The predicted molar refractivity (Wildman–Crippen MR) is 112 cm³/mol. The number of para-hydroxylation sites is 1. The van der Waals surface area contributed by atoms with E-state index in [2.05, 4.69) is 20.2 Å². The number of piperidine rings is 1. The Bertz CT molecular complexity index is 1270. The lowest BCUT2D eigenvalue weighted by atomic mass is 9.94. The molecule has 0 amide bonds. The second-order valence-corrected chi connectivity index (χ2v) is 7.72. The summed E-state index contributed by atoms with van der Waals surface area (Å²) in [6.45, 7) is 2.61. The molecule has 1 aromatic carbocycles. The van der Waals surface area contributed by atoms with E-state index < -0.39 is 11.8 Å². The minimum atomic E-state index is -2.89. The molecule has 1 fully saturated rings. The van der Waals surface area contributed by atoms with E-state index in [0.717, 1.165) is 0 Å². The van der Waals surface area contributed by atoms with Gasteiger partial charge in [0.15, 0.2) is 11.5 Å². The van der Waals surface area contributed by atoms with Crippen LogP contribution in [0.25, 0.3) is 16.6 Å². The predicted octanol–water partition coefficient (Wildman–Crippen LogP) is 2.71. The normalized spacial score (nSPS) is 18.7. The number of alkyl halides is 2. The average Bonchev–Trinajstić information content (AvgIpc) is 3.40. The first kappa shape index (κ1) is 19.5. The van der Waals surface area contributed by atoms with Crippen molar-refractivity contribution in [3.05, 3.63) is 36.4 Å². The minimum absolute atomic E-state index is 0.120. The van der Waals surface area contributed by atoms with Gasteiger partial charge in [-0.2, -0.15) is 9.61 Å². The summed E-state index contributed by atoms with van der Waals surface area (Å²) in [7, 11) is 1.55. The van der Waals surface area contributed by atoms with E-state index in [4.69, 9.17) is 10.5 Å². The molecule has 4 heterocycles. The number of methoxy groups -OCH3 is 1.